The van der Waals surface area contributed by atoms with Crippen molar-refractivity contribution in [2.45, 2.75) is 18.6 Å². The third kappa shape index (κ3) is 2.66. The molecule has 1 fully saturated rings. The largest absolute Gasteiger partial charge is 0.494 e. The number of halogens is 4. The van der Waals surface area contributed by atoms with Crippen molar-refractivity contribution in [3.8, 4) is 5.75 Å². The molecule has 1 aromatic carbocycles. The molecule has 0 spiro atoms. The van der Waals surface area contributed by atoms with Crippen molar-refractivity contribution >= 4 is 30.5 Å². The van der Waals surface area contributed by atoms with E-state index in [0.29, 0.717) is 5.01 Å². The quantitative estimate of drug-likeness (QED) is 0.431. The van der Waals surface area contributed by atoms with Crippen LogP contribution in [0.5, 0.6) is 5.75 Å². The van der Waals surface area contributed by atoms with E-state index in [2.05, 4.69) is 5.10 Å². The summed E-state index contributed by atoms with van der Waals surface area (Å²) in [7, 11) is -1.12. The number of anilines is 1. The Hall–Kier alpha value is -2.34. The van der Waals surface area contributed by atoms with Gasteiger partial charge in [-0.25, -0.2) is 9.40 Å². The van der Waals surface area contributed by atoms with Crippen LogP contribution < -0.4 is 15.2 Å². The van der Waals surface area contributed by atoms with Crippen molar-refractivity contribution in [1.29, 1.82) is 0 Å². The van der Waals surface area contributed by atoms with Gasteiger partial charge < -0.3 is 19.5 Å². The van der Waals surface area contributed by atoms with E-state index in [4.69, 9.17) is 9.47 Å². The van der Waals surface area contributed by atoms with Crippen molar-refractivity contribution in [2.24, 2.45) is 16.9 Å². The molecule has 12 heteroatoms. The SMILES string of the molecule is CCOC(=O)C1C2C=NN(c3cc(F)c(OC)c(B(O)O)c3)C21C(F)(F)F. The Kier molecular flexibility index (Phi) is 4.59. The molecule has 2 aliphatic rings. The highest BCUT2D eigenvalue weighted by atomic mass is 19.4. The molecule has 0 aromatic heterocycles. The normalized spacial score (nSPS) is 26.0. The number of alkyl halides is 3. The average molecular weight is 390 g/mol. The second-order valence-electron chi connectivity index (χ2n) is 6.08. The van der Waals surface area contributed by atoms with Gasteiger partial charge in [0.05, 0.1) is 19.4 Å². The van der Waals surface area contributed by atoms with Gasteiger partial charge in [0.15, 0.2) is 17.1 Å². The van der Waals surface area contributed by atoms with Gasteiger partial charge in [-0.3, -0.25) is 4.79 Å². The number of methoxy groups -OCH3 is 1. The summed E-state index contributed by atoms with van der Waals surface area (Å²) in [5.74, 6) is -5.51. The number of nitrogens with zero attached hydrogens (tertiary/aromatic N) is 2. The first-order valence-corrected chi connectivity index (χ1v) is 7.92. The highest BCUT2D eigenvalue weighted by Crippen LogP contribution is 2.66. The molecule has 2 N–H and O–H groups in total. The Bertz CT molecular complexity index is 803. The van der Waals surface area contributed by atoms with Crippen LogP contribution in [0.1, 0.15) is 6.92 Å². The van der Waals surface area contributed by atoms with E-state index in [0.717, 1.165) is 25.5 Å². The maximum Gasteiger partial charge on any atom is 0.492 e. The zero-order chi connectivity index (χ0) is 20.1. The summed E-state index contributed by atoms with van der Waals surface area (Å²) in [5, 5.41) is 22.9. The molecule has 0 bridgehead atoms. The molecule has 7 nitrogen and oxygen atoms in total. The van der Waals surface area contributed by atoms with Crippen molar-refractivity contribution in [3.63, 3.8) is 0 Å². The minimum atomic E-state index is -4.89. The van der Waals surface area contributed by atoms with Gasteiger partial charge in [0.1, 0.15) is 5.92 Å². The van der Waals surface area contributed by atoms with E-state index in [1.54, 1.807) is 0 Å². The van der Waals surface area contributed by atoms with E-state index < -0.39 is 59.4 Å². The molecule has 0 radical (unpaired) electrons. The predicted molar refractivity (Wildman–Crippen MR) is 86.1 cm³/mol. The fourth-order valence-corrected chi connectivity index (χ4v) is 3.56. The zero-order valence-electron chi connectivity index (χ0n) is 14.2. The second-order valence-corrected chi connectivity index (χ2v) is 6.08. The molecule has 1 heterocycles. The summed E-state index contributed by atoms with van der Waals surface area (Å²) < 4.78 is 65.5. The van der Waals surface area contributed by atoms with E-state index >= 15 is 0 Å². The van der Waals surface area contributed by atoms with Gasteiger partial charge >= 0.3 is 19.3 Å². The fraction of sp³-hybridized carbons (Fsp3) is 0.467. The fourth-order valence-electron chi connectivity index (χ4n) is 3.56. The van der Waals surface area contributed by atoms with Gasteiger partial charge in [0.2, 0.25) is 0 Å². The molecule has 27 heavy (non-hydrogen) atoms. The minimum absolute atomic E-state index is 0.0921. The average Bonchev–Trinajstić information content (AvgIpc) is 3.10. The van der Waals surface area contributed by atoms with Crippen LogP contribution in [0.25, 0.3) is 0 Å². The van der Waals surface area contributed by atoms with Gasteiger partial charge in [0.25, 0.3) is 0 Å². The third-order valence-corrected chi connectivity index (χ3v) is 4.70. The first-order valence-electron chi connectivity index (χ1n) is 7.92. The Morgan fingerprint density at radius 3 is 2.59 bits per heavy atom. The molecule has 0 saturated heterocycles. The van der Waals surface area contributed by atoms with Crippen LogP contribution in [0.3, 0.4) is 0 Å². The first kappa shape index (κ1) is 19.4. The molecule has 1 aliphatic heterocycles. The van der Waals surface area contributed by atoms with Crippen molar-refractivity contribution < 1.29 is 41.9 Å². The van der Waals surface area contributed by atoms with Gasteiger partial charge in [-0.05, 0) is 13.0 Å². The van der Waals surface area contributed by atoms with Gasteiger partial charge in [-0.1, -0.05) is 0 Å². The maximum atomic E-state index is 14.3. The summed E-state index contributed by atoms with van der Waals surface area (Å²) in [5.41, 5.74) is -3.59. The maximum absolute atomic E-state index is 14.3. The standard InChI is InChI=1S/C15H15BF4N2O5/c1-3-27-13(23)11-8-6-21-22(14(8,11)15(18,19)20)7-4-9(16(24)25)12(26-2)10(17)5-7/h4-6,8,11,24-25H,3H2,1-2H3. The third-order valence-electron chi connectivity index (χ3n) is 4.70. The van der Waals surface area contributed by atoms with E-state index in [-0.39, 0.29) is 6.61 Å². The molecular formula is C15H15BF4N2O5. The van der Waals surface area contributed by atoms with Crippen LogP contribution in [0, 0.1) is 17.7 Å². The number of rotatable bonds is 5. The van der Waals surface area contributed by atoms with Crippen molar-refractivity contribution in [3.05, 3.63) is 17.9 Å². The molecule has 1 aromatic rings. The molecule has 3 unspecified atom stereocenters. The van der Waals surface area contributed by atoms with Crippen molar-refractivity contribution in [1.82, 2.24) is 0 Å². The van der Waals surface area contributed by atoms with E-state index in [1.807, 2.05) is 0 Å². The molecule has 3 rings (SSSR count). The summed E-state index contributed by atoms with van der Waals surface area (Å²) in [6.45, 7) is 1.38. The summed E-state index contributed by atoms with van der Waals surface area (Å²) in [6, 6.07) is 1.64. The number of esters is 1. The van der Waals surface area contributed by atoms with Gasteiger partial charge in [0, 0.05) is 23.7 Å². The number of carbonyl (C=O) groups excluding carboxylic acids is 1. The summed E-state index contributed by atoms with van der Waals surface area (Å²) in [4.78, 5) is 12.0. The van der Waals surface area contributed by atoms with Crippen LogP contribution in [-0.2, 0) is 9.53 Å². The molecule has 146 valence electrons. The number of hydrogen-bond donors (Lipinski definition) is 2. The molecule has 3 atom stereocenters. The number of ether oxygens (including phenoxy) is 2. The number of benzene rings is 1. The lowest BCUT2D eigenvalue weighted by atomic mass is 9.79. The number of hydrazone groups is 1. The lowest BCUT2D eigenvalue weighted by Crippen LogP contribution is -2.48. The summed E-state index contributed by atoms with van der Waals surface area (Å²) in [6.07, 6.45) is -3.92. The number of hydrogen-bond acceptors (Lipinski definition) is 7. The van der Waals surface area contributed by atoms with Crippen LogP contribution in [0.15, 0.2) is 17.2 Å². The number of fused-ring (bicyclic) bond motifs is 1. The number of carbonyl (C=O) groups is 1. The van der Waals surface area contributed by atoms with E-state index in [9.17, 15) is 32.4 Å². The van der Waals surface area contributed by atoms with Crippen LogP contribution >= 0.6 is 0 Å². The van der Waals surface area contributed by atoms with Crippen LogP contribution in [0.4, 0.5) is 23.2 Å². The smallest absolute Gasteiger partial charge is 0.492 e. The monoisotopic (exact) mass is 390 g/mol. The Balaban J connectivity index is 2.10. The topological polar surface area (TPSA) is 91.6 Å². The first-order chi connectivity index (χ1) is 12.6. The predicted octanol–water partition coefficient (Wildman–Crippen LogP) is 0.430. The molecule has 1 aliphatic carbocycles. The summed E-state index contributed by atoms with van der Waals surface area (Å²) >= 11 is 0. The molecule has 1 saturated carbocycles. The second kappa shape index (κ2) is 6.38. The Morgan fingerprint density at radius 2 is 2.07 bits per heavy atom. The van der Waals surface area contributed by atoms with Crippen LogP contribution in [0.2, 0.25) is 0 Å². The Morgan fingerprint density at radius 1 is 1.41 bits per heavy atom. The Labute approximate surface area is 151 Å². The lowest BCUT2D eigenvalue weighted by molar-refractivity contribution is -0.170. The molecular weight excluding hydrogens is 375 g/mol. The van der Waals surface area contributed by atoms with E-state index in [1.165, 1.54) is 6.92 Å². The van der Waals surface area contributed by atoms with Gasteiger partial charge in [-0.15, -0.1) is 0 Å². The van der Waals surface area contributed by atoms with Crippen LogP contribution in [-0.4, -0.2) is 54.8 Å². The molecule has 0 amide bonds. The van der Waals surface area contributed by atoms with Crippen molar-refractivity contribution in [2.75, 3.05) is 18.7 Å². The lowest BCUT2D eigenvalue weighted by Gasteiger charge is -2.30. The van der Waals surface area contributed by atoms with Gasteiger partial charge in [-0.2, -0.15) is 18.3 Å². The highest BCUT2D eigenvalue weighted by Gasteiger charge is 2.86. The highest BCUT2D eigenvalue weighted by molar-refractivity contribution is 6.59. The minimum Gasteiger partial charge on any atom is -0.494 e. The zero-order valence-corrected chi connectivity index (χ0v) is 14.2.